The molecule has 2 rings (SSSR count). The number of ether oxygens (including phenoxy) is 2. The summed E-state index contributed by atoms with van der Waals surface area (Å²) < 4.78 is 12.4. The molecule has 1 saturated heterocycles. The molecule has 0 spiro atoms. The minimum Gasteiger partial charge on any atom is -0.490 e. The summed E-state index contributed by atoms with van der Waals surface area (Å²) in [6.45, 7) is 2.17. The van der Waals surface area contributed by atoms with Gasteiger partial charge in [-0.15, -0.1) is 0 Å². The van der Waals surface area contributed by atoms with E-state index in [2.05, 4.69) is 28.1 Å². The van der Waals surface area contributed by atoms with Crippen molar-refractivity contribution in [1.82, 2.24) is 0 Å². The van der Waals surface area contributed by atoms with Crippen LogP contribution in [0.15, 0.2) is 22.7 Å². The number of halogens is 1. The third-order valence-corrected chi connectivity index (χ3v) is 3.75. The number of nitrogens with two attached hydrogens (primary N) is 1. The van der Waals surface area contributed by atoms with Gasteiger partial charge in [0.05, 0.1) is 10.6 Å². The van der Waals surface area contributed by atoms with Crippen molar-refractivity contribution in [3.05, 3.63) is 28.2 Å². The molecule has 4 heteroatoms. The zero-order valence-electron chi connectivity index (χ0n) is 10.5. The van der Waals surface area contributed by atoms with Crippen LogP contribution in [-0.2, 0) is 11.2 Å². The second kappa shape index (κ2) is 7.12. The number of rotatable bonds is 5. The summed E-state index contributed by atoms with van der Waals surface area (Å²) in [6.07, 6.45) is 4.65. The standard InChI is InChI=1S/C14H20BrNO2/c15-13-9-11(6-7-16)4-5-14(13)18-10-12-3-1-2-8-17-12/h4-5,9,12H,1-3,6-8,10,16H2. The van der Waals surface area contributed by atoms with Crippen LogP contribution < -0.4 is 10.5 Å². The predicted octanol–water partition coefficient (Wildman–Crippen LogP) is 2.90. The van der Waals surface area contributed by atoms with Gasteiger partial charge in [0.1, 0.15) is 12.4 Å². The van der Waals surface area contributed by atoms with E-state index in [-0.39, 0.29) is 6.10 Å². The molecular weight excluding hydrogens is 294 g/mol. The maximum absolute atomic E-state index is 5.81. The van der Waals surface area contributed by atoms with Crippen molar-refractivity contribution in [2.45, 2.75) is 31.8 Å². The first kappa shape index (κ1) is 13.8. The van der Waals surface area contributed by atoms with Crippen LogP contribution >= 0.6 is 15.9 Å². The first-order valence-corrected chi connectivity index (χ1v) is 7.32. The number of benzene rings is 1. The summed E-state index contributed by atoms with van der Waals surface area (Å²) in [7, 11) is 0. The highest BCUT2D eigenvalue weighted by Crippen LogP contribution is 2.27. The quantitative estimate of drug-likeness (QED) is 0.909. The molecule has 1 aliphatic rings. The zero-order chi connectivity index (χ0) is 12.8. The Bertz CT molecular complexity index is 378. The summed E-state index contributed by atoms with van der Waals surface area (Å²) in [6, 6.07) is 6.14. The van der Waals surface area contributed by atoms with E-state index in [1.165, 1.54) is 18.4 Å². The van der Waals surface area contributed by atoms with Gasteiger partial charge in [-0.25, -0.2) is 0 Å². The Balaban J connectivity index is 1.88. The molecule has 18 heavy (non-hydrogen) atoms. The molecule has 0 bridgehead atoms. The molecule has 1 heterocycles. The fourth-order valence-corrected chi connectivity index (χ4v) is 2.65. The van der Waals surface area contributed by atoms with Crippen molar-refractivity contribution in [3.63, 3.8) is 0 Å². The fraction of sp³-hybridized carbons (Fsp3) is 0.571. The van der Waals surface area contributed by atoms with E-state index in [0.717, 1.165) is 29.7 Å². The minimum atomic E-state index is 0.245. The summed E-state index contributed by atoms with van der Waals surface area (Å²) in [5.74, 6) is 0.880. The van der Waals surface area contributed by atoms with Gasteiger partial charge in [-0.2, -0.15) is 0 Å². The lowest BCUT2D eigenvalue weighted by molar-refractivity contribution is -0.0112. The smallest absolute Gasteiger partial charge is 0.133 e. The van der Waals surface area contributed by atoms with Gasteiger partial charge in [0.15, 0.2) is 0 Å². The van der Waals surface area contributed by atoms with Crippen LogP contribution in [0.1, 0.15) is 24.8 Å². The van der Waals surface area contributed by atoms with Gasteiger partial charge in [0.2, 0.25) is 0 Å². The van der Waals surface area contributed by atoms with Gasteiger partial charge in [0, 0.05) is 6.61 Å². The molecule has 0 radical (unpaired) electrons. The Morgan fingerprint density at radius 2 is 2.28 bits per heavy atom. The summed E-state index contributed by atoms with van der Waals surface area (Å²) in [4.78, 5) is 0. The lowest BCUT2D eigenvalue weighted by atomic mass is 10.1. The minimum absolute atomic E-state index is 0.245. The van der Waals surface area contributed by atoms with E-state index < -0.39 is 0 Å². The van der Waals surface area contributed by atoms with Crippen LogP contribution in [0.5, 0.6) is 5.75 Å². The second-order valence-corrected chi connectivity index (χ2v) is 5.46. The van der Waals surface area contributed by atoms with E-state index in [1.54, 1.807) is 0 Å². The molecule has 0 aliphatic carbocycles. The molecule has 3 nitrogen and oxygen atoms in total. The molecule has 100 valence electrons. The van der Waals surface area contributed by atoms with Crippen molar-refractivity contribution >= 4 is 15.9 Å². The predicted molar refractivity (Wildman–Crippen MR) is 76.0 cm³/mol. The van der Waals surface area contributed by atoms with Crippen LogP contribution in [0.2, 0.25) is 0 Å². The lowest BCUT2D eigenvalue weighted by Crippen LogP contribution is -2.25. The van der Waals surface area contributed by atoms with Crippen LogP contribution in [0.4, 0.5) is 0 Å². The largest absolute Gasteiger partial charge is 0.490 e. The third kappa shape index (κ3) is 3.97. The maximum atomic E-state index is 5.81. The lowest BCUT2D eigenvalue weighted by Gasteiger charge is -2.23. The van der Waals surface area contributed by atoms with Gasteiger partial charge in [0.25, 0.3) is 0 Å². The monoisotopic (exact) mass is 313 g/mol. The fourth-order valence-electron chi connectivity index (χ4n) is 2.11. The van der Waals surface area contributed by atoms with Crippen molar-refractivity contribution in [2.75, 3.05) is 19.8 Å². The molecule has 1 atom stereocenters. The normalized spacial score (nSPS) is 19.8. The molecule has 0 amide bonds. The molecule has 1 unspecified atom stereocenters. The summed E-state index contributed by atoms with van der Waals surface area (Å²) in [5, 5.41) is 0. The van der Waals surface area contributed by atoms with Crippen molar-refractivity contribution in [2.24, 2.45) is 5.73 Å². The molecule has 2 N–H and O–H groups in total. The molecule has 1 aromatic rings. The van der Waals surface area contributed by atoms with E-state index >= 15 is 0 Å². The van der Waals surface area contributed by atoms with E-state index in [9.17, 15) is 0 Å². The molecule has 0 aromatic heterocycles. The van der Waals surface area contributed by atoms with Crippen LogP contribution in [-0.4, -0.2) is 25.9 Å². The first-order valence-electron chi connectivity index (χ1n) is 6.52. The van der Waals surface area contributed by atoms with Crippen molar-refractivity contribution in [1.29, 1.82) is 0 Å². The Morgan fingerprint density at radius 1 is 1.39 bits per heavy atom. The summed E-state index contributed by atoms with van der Waals surface area (Å²) >= 11 is 3.54. The Kier molecular flexibility index (Phi) is 5.47. The molecule has 1 fully saturated rings. The highest BCUT2D eigenvalue weighted by molar-refractivity contribution is 9.10. The Hall–Kier alpha value is -0.580. The van der Waals surface area contributed by atoms with Gasteiger partial charge in [-0.05, 0) is 65.9 Å². The second-order valence-electron chi connectivity index (χ2n) is 4.60. The van der Waals surface area contributed by atoms with Crippen molar-refractivity contribution in [3.8, 4) is 5.75 Å². The number of hydrogen-bond acceptors (Lipinski definition) is 3. The zero-order valence-corrected chi connectivity index (χ0v) is 12.1. The maximum Gasteiger partial charge on any atom is 0.133 e. The van der Waals surface area contributed by atoms with Gasteiger partial charge < -0.3 is 15.2 Å². The van der Waals surface area contributed by atoms with E-state index in [0.29, 0.717) is 13.2 Å². The average molecular weight is 314 g/mol. The third-order valence-electron chi connectivity index (χ3n) is 3.13. The van der Waals surface area contributed by atoms with Gasteiger partial charge in [-0.1, -0.05) is 6.07 Å². The van der Waals surface area contributed by atoms with E-state index in [1.807, 2.05) is 6.07 Å². The van der Waals surface area contributed by atoms with Crippen LogP contribution in [0.25, 0.3) is 0 Å². The Labute approximate surface area is 117 Å². The van der Waals surface area contributed by atoms with E-state index in [4.69, 9.17) is 15.2 Å². The Morgan fingerprint density at radius 3 is 2.94 bits per heavy atom. The SMILES string of the molecule is NCCc1ccc(OCC2CCCCO2)c(Br)c1. The molecule has 1 aromatic carbocycles. The molecule has 1 aliphatic heterocycles. The highest BCUT2D eigenvalue weighted by Gasteiger charge is 2.15. The van der Waals surface area contributed by atoms with Gasteiger partial charge in [-0.3, -0.25) is 0 Å². The highest BCUT2D eigenvalue weighted by atomic mass is 79.9. The number of hydrogen-bond donors (Lipinski definition) is 1. The molecule has 0 saturated carbocycles. The van der Waals surface area contributed by atoms with Gasteiger partial charge >= 0.3 is 0 Å². The first-order chi connectivity index (χ1) is 8.79. The van der Waals surface area contributed by atoms with Crippen LogP contribution in [0, 0.1) is 0 Å². The van der Waals surface area contributed by atoms with Crippen LogP contribution in [0.3, 0.4) is 0 Å². The average Bonchev–Trinajstić information content (AvgIpc) is 2.39. The van der Waals surface area contributed by atoms with Crippen molar-refractivity contribution < 1.29 is 9.47 Å². The molecular formula is C14H20BrNO2. The summed E-state index contributed by atoms with van der Waals surface area (Å²) in [5.41, 5.74) is 6.77. The topological polar surface area (TPSA) is 44.5 Å².